The van der Waals surface area contributed by atoms with Gasteiger partial charge < -0.3 is 5.32 Å². The van der Waals surface area contributed by atoms with Crippen LogP contribution in [-0.2, 0) is 0 Å². The lowest BCUT2D eigenvalue weighted by Gasteiger charge is -2.43. The lowest BCUT2D eigenvalue weighted by Crippen LogP contribution is -2.43. The zero-order valence-electron chi connectivity index (χ0n) is 14.4. The van der Waals surface area contributed by atoms with Gasteiger partial charge in [-0.05, 0) is 63.8 Å². The quantitative estimate of drug-likeness (QED) is 0.727. The Hall–Kier alpha value is -0.0400. The minimum atomic E-state index is 0.277. The Morgan fingerprint density at radius 1 is 0.950 bits per heavy atom. The van der Waals surface area contributed by atoms with E-state index in [2.05, 4.69) is 33.0 Å². The molecule has 2 rings (SSSR count). The first-order valence-corrected chi connectivity index (χ1v) is 9.24. The van der Waals surface area contributed by atoms with Crippen LogP contribution in [0.25, 0.3) is 0 Å². The third-order valence-electron chi connectivity index (χ3n) is 5.88. The van der Waals surface area contributed by atoms with Crippen molar-refractivity contribution in [1.29, 1.82) is 0 Å². The number of hydrogen-bond donors (Lipinski definition) is 1. The molecule has 0 bridgehead atoms. The molecule has 0 amide bonds. The first-order valence-electron chi connectivity index (χ1n) is 9.24. The average molecular weight is 280 g/mol. The molecule has 0 heterocycles. The highest BCUT2D eigenvalue weighted by Gasteiger charge is 2.35. The number of nitrogens with one attached hydrogen (secondary N) is 1. The van der Waals surface area contributed by atoms with Crippen LogP contribution in [0.3, 0.4) is 0 Å². The second kappa shape index (κ2) is 7.29. The summed E-state index contributed by atoms with van der Waals surface area (Å²) in [6.07, 6.45) is 13.4. The van der Waals surface area contributed by atoms with Crippen molar-refractivity contribution in [1.82, 2.24) is 5.32 Å². The Kier molecular flexibility index (Phi) is 5.95. The predicted molar refractivity (Wildman–Crippen MR) is 88.9 cm³/mol. The van der Waals surface area contributed by atoms with Gasteiger partial charge in [-0.1, -0.05) is 51.9 Å². The summed E-state index contributed by atoms with van der Waals surface area (Å²) in [5.74, 6) is 4.03. The first-order chi connectivity index (χ1) is 9.49. The molecule has 20 heavy (non-hydrogen) atoms. The molecule has 1 nitrogen and oxygen atoms in total. The van der Waals surface area contributed by atoms with Crippen molar-refractivity contribution in [2.24, 2.45) is 23.7 Å². The van der Waals surface area contributed by atoms with Crippen molar-refractivity contribution in [2.75, 3.05) is 6.54 Å². The minimum Gasteiger partial charge on any atom is -0.312 e. The molecule has 0 saturated heterocycles. The maximum atomic E-state index is 3.79. The van der Waals surface area contributed by atoms with Gasteiger partial charge in [0, 0.05) is 5.54 Å². The minimum absolute atomic E-state index is 0.277. The summed E-state index contributed by atoms with van der Waals surface area (Å²) in [4.78, 5) is 0. The van der Waals surface area contributed by atoms with E-state index in [4.69, 9.17) is 0 Å². The zero-order chi connectivity index (χ0) is 14.6. The van der Waals surface area contributed by atoms with Gasteiger partial charge in [-0.3, -0.25) is 0 Å². The van der Waals surface area contributed by atoms with Crippen LogP contribution in [0, 0.1) is 23.7 Å². The van der Waals surface area contributed by atoms with E-state index in [0.29, 0.717) is 0 Å². The average Bonchev–Trinajstić information content (AvgIpc) is 2.45. The summed E-state index contributed by atoms with van der Waals surface area (Å²) in [5, 5.41) is 3.79. The fourth-order valence-corrected chi connectivity index (χ4v) is 4.56. The maximum Gasteiger partial charge on any atom is 0.00966 e. The summed E-state index contributed by atoms with van der Waals surface area (Å²) in [6.45, 7) is 10.6. The fourth-order valence-electron chi connectivity index (χ4n) is 4.56. The summed E-state index contributed by atoms with van der Waals surface area (Å²) >= 11 is 0. The van der Waals surface area contributed by atoms with Crippen LogP contribution in [0.4, 0.5) is 0 Å². The Bertz CT molecular complexity index is 272. The molecular formula is C19H37N. The predicted octanol–water partition coefficient (Wildman–Crippen LogP) is 5.40. The molecule has 1 N–H and O–H groups in total. The van der Waals surface area contributed by atoms with E-state index < -0.39 is 0 Å². The molecule has 2 saturated carbocycles. The maximum absolute atomic E-state index is 3.79. The van der Waals surface area contributed by atoms with Crippen molar-refractivity contribution < 1.29 is 0 Å². The second-order valence-electron chi connectivity index (χ2n) is 8.54. The van der Waals surface area contributed by atoms with Crippen LogP contribution in [0.1, 0.15) is 85.5 Å². The van der Waals surface area contributed by atoms with Gasteiger partial charge in [0.25, 0.3) is 0 Å². The largest absolute Gasteiger partial charge is 0.312 e. The molecule has 0 aliphatic heterocycles. The van der Waals surface area contributed by atoms with E-state index in [1.54, 1.807) is 0 Å². The molecule has 2 aliphatic rings. The fraction of sp³-hybridized carbons (Fsp3) is 1.00. The summed E-state index contributed by atoms with van der Waals surface area (Å²) in [6, 6.07) is 0. The normalized spacial score (nSPS) is 33.3. The van der Waals surface area contributed by atoms with Crippen molar-refractivity contribution >= 4 is 0 Å². The Morgan fingerprint density at radius 2 is 1.65 bits per heavy atom. The van der Waals surface area contributed by atoms with Crippen LogP contribution in [0.15, 0.2) is 0 Å². The molecule has 1 heteroatoms. The van der Waals surface area contributed by atoms with Crippen LogP contribution >= 0.6 is 0 Å². The highest BCUT2D eigenvalue weighted by molar-refractivity contribution is 4.87. The van der Waals surface area contributed by atoms with E-state index >= 15 is 0 Å². The van der Waals surface area contributed by atoms with E-state index in [0.717, 1.165) is 23.7 Å². The molecule has 118 valence electrons. The molecule has 0 aromatic heterocycles. The van der Waals surface area contributed by atoms with Gasteiger partial charge in [-0.2, -0.15) is 0 Å². The van der Waals surface area contributed by atoms with Gasteiger partial charge in [0.05, 0.1) is 0 Å². The molecule has 3 atom stereocenters. The van der Waals surface area contributed by atoms with Gasteiger partial charge in [-0.15, -0.1) is 0 Å². The molecule has 2 aliphatic carbocycles. The third kappa shape index (κ3) is 4.76. The second-order valence-corrected chi connectivity index (χ2v) is 8.54. The molecule has 0 aromatic carbocycles. The van der Waals surface area contributed by atoms with Crippen LogP contribution < -0.4 is 5.32 Å². The van der Waals surface area contributed by atoms with Crippen molar-refractivity contribution in [3.05, 3.63) is 0 Å². The molecule has 2 fully saturated rings. The zero-order valence-corrected chi connectivity index (χ0v) is 14.4. The van der Waals surface area contributed by atoms with Crippen LogP contribution in [-0.4, -0.2) is 12.1 Å². The van der Waals surface area contributed by atoms with Crippen LogP contribution in [0.2, 0.25) is 0 Å². The van der Waals surface area contributed by atoms with Crippen molar-refractivity contribution in [2.45, 2.75) is 91.0 Å². The smallest absolute Gasteiger partial charge is 0.00966 e. The Morgan fingerprint density at radius 3 is 2.25 bits per heavy atom. The van der Waals surface area contributed by atoms with E-state index in [1.807, 2.05) is 0 Å². The SMILES string of the molecule is CCC1CCC(CNC(C)(C)C)C(C2CCCCC2)C1. The van der Waals surface area contributed by atoms with Crippen molar-refractivity contribution in [3.8, 4) is 0 Å². The van der Waals surface area contributed by atoms with Gasteiger partial charge >= 0.3 is 0 Å². The van der Waals surface area contributed by atoms with E-state index in [-0.39, 0.29) is 5.54 Å². The molecule has 0 spiro atoms. The summed E-state index contributed by atoms with van der Waals surface area (Å²) < 4.78 is 0. The lowest BCUT2D eigenvalue weighted by molar-refractivity contribution is 0.0895. The topological polar surface area (TPSA) is 12.0 Å². The lowest BCUT2D eigenvalue weighted by atomic mass is 9.64. The number of hydrogen-bond acceptors (Lipinski definition) is 1. The molecule has 0 aromatic rings. The van der Waals surface area contributed by atoms with E-state index in [1.165, 1.54) is 64.3 Å². The highest BCUT2D eigenvalue weighted by Crippen LogP contribution is 2.44. The standard InChI is InChI=1S/C19H37N/c1-5-15-11-12-17(14-20-19(2,3)4)18(13-15)16-9-7-6-8-10-16/h15-18,20H,5-14H2,1-4H3. The molecule has 3 unspecified atom stereocenters. The Balaban J connectivity index is 1.95. The van der Waals surface area contributed by atoms with Gasteiger partial charge in [-0.25, -0.2) is 0 Å². The Labute approximate surface area is 127 Å². The monoisotopic (exact) mass is 279 g/mol. The number of rotatable bonds is 4. The summed E-state index contributed by atoms with van der Waals surface area (Å²) in [7, 11) is 0. The first kappa shape index (κ1) is 16.3. The highest BCUT2D eigenvalue weighted by atomic mass is 14.9. The molecule has 0 radical (unpaired) electrons. The van der Waals surface area contributed by atoms with Crippen LogP contribution in [0.5, 0.6) is 0 Å². The third-order valence-corrected chi connectivity index (χ3v) is 5.88. The van der Waals surface area contributed by atoms with Crippen molar-refractivity contribution in [3.63, 3.8) is 0 Å². The van der Waals surface area contributed by atoms with Gasteiger partial charge in [0.2, 0.25) is 0 Å². The van der Waals surface area contributed by atoms with E-state index in [9.17, 15) is 0 Å². The summed E-state index contributed by atoms with van der Waals surface area (Å²) in [5.41, 5.74) is 0.277. The molecular weight excluding hydrogens is 242 g/mol. The van der Waals surface area contributed by atoms with Gasteiger partial charge in [0.1, 0.15) is 0 Å². The van der Waals surface area contributed by atoms with Gasteiger partial charge in [0.15, 0.2) is 0 Å².